The van der Waals surface area contributed by atoms with Crippen LogP contribution >= 0.6 is 0 Å². The first-order chi connectivity index (χ1) is 7.75. The van der Waals surface area contributed by atoms with Crippen molar-refractivity contribution in [3.8, 4) is 0 Å². The molecule has 1 aliphatic carbocycles. The minimum Gasteiger partial charge on any atom is -0.423 e. The highest BCUT2D eigenvalue weighted by molar-refractivity contribution is 6.58. The fraction of sp³-hybridized carbons (Fsp3) is 0.500. The van der Waals surface area contributed by atoms with Gasteiger partial charge in [-0.25, -0.2) is 0 Å². The topological polar surface area (TPSA) is 52.5 Å². The monoisotopic (exact) mass is 219 g/mol. The molecule has 0 heterocycles. The summed E-state index contributed by atoms with van der Waals surface area (Å²) in [5.41, 5.74) is 1.60. The third kappa shape index (κ3) is 3.00. The van der Waals surface area contributed by atoms with Crippen LogP contribution in [0.25, 0.3) is 0 Å². The van der Waals surface area contributed by atoms with Crippen LogP contribution in [0.1, 0.15) is 32.1 Å². The van der Waals surface area contributed by atoms with E-state index < -0.39 is 7.12 Å². The van der Waals surface area contributed by atoms with Gasteiger partial charge in [0.25, 0.3) is 0 Å². The summed E-state index contributed by atoms with van der Waals surface area (Å²) < 4.78 is 0. The van der Waals surface area contributed by atoms with E-state index in [1.807, 2.05) is 12.1 Å². The van der Waals surface area contributed by atoms with Crippen molar-refractivity contribution in [1.29, 1.82) is 0 Å². The van der Waals surface area contributed by atoms with Crippen LogP contribution in [0.5, 0.6) is 0 Å². The molecule has 0 spiro atoms. The number of nitrogens with one attached hydrogen (secondary N) is 1. The number of hydrogen-bond donors (Lipinski definition) is 3. The first kappa shape index (κ1) is 11.5. The first-order valence-electron chi connectivity index (χ1n) is 5.98. The Kier molecular flexibility index (Phi) is 3.85. The molecule has 0 aromatic heterocycles. The van der Waals surface area contributed by atoms with Crippen LogP contribution in [0.3, 0.4) is 0 Å². The molecule has 3 nitrogen and oxygen atoms in total. The van der Waals surface area contributed by atoms with Crippen molar-refractivity contribution in [1.82, 2.24) is 0 Å². The molecule has 1 aliphatic rings. The maximum atomic E-state index is 8.97. The van der Waals surface area contributed by atoms with Gasteiger partial charge in [0.05, 0.1) is 0 Å². The molecule has 0 bridgehead atoms. The number of hydrogen-bond acceptors (Lipinski definition) is 3. The number of anilines is 1. The maximum Gasteiger partial charge on any atom is 0.488 e. The summed E-state index contributed by atoms with van der Waals surface area (Å²) in [4.78, 5) is 0. The van der Waals surface area contributed by atoms with Crippen LogP contribution in [0.15, 0.2) is 24.3 Å². The average Bonchev–Trinajstić information content (AvgIpc) is 2.31. The van der Waals surface area contributed by atoms with Gasteiger partial charge in [0.15, 0.2) is 0 Å². The third-order valence-electron chi connectivity index (χ3n) is 3.18. The number of rotatable bonds is 3. The predicted molar refractivity (Wildman–Crippen MR) is 66.8 cm³/mol. The molecule has 0 unspecified atom stereocenters. The van der Waals surface area contributed by atoms with Crippen LogP contribution in [0, 0.1) is 0 Å². The second kappa shape index (κ2) is 5.37. The van der Waals surface area contributed by atoms with Crippen molar-refractivity contribution in [2.75, 3.05) is 5.32 Å². The van der Waals surface area contributed by atoms with E-state index in [0.29, 0.717) is 11.5 Å². The fourth-order valence-corrected chi connectivity index (χ4v) is 2.23. The van der Waals surface area contributed by atoms with Crippen LogP contribution in [-0.4, -0.2) is 23.2 Å². The van der Waals surface area contributed by atoms with Gasteiger partial charge >= 0.3 is 7.12 Å². The molecule has 0 atom stereocenters. The molecule has 86 valence electrons. The minimum absolute atomic E-state index is 0.536. The zero-order valence-electron chi connectivity index (χ0n) is 9.39. The lowest BCUT2D eigenvalue weighted by molar-refractivity contribution is 0.426. The molecule has 3 N–H and O–H groups in total. The van der Waals surface area contributed by atoms with E-state index in [2.05, 4.69) is 5.32 Å². The molecule has 0 saturated heterocycles. The smallest absolute Gasteiger partial charge is 0.423 e. The Morgan fingerprint density at radius 2 is 1.62 bits per heavy atom. The van der Waals surface area contributed by atoms with Gasteiger partial charge in [-0.05, 0) is 30.4 Å². The Morgan fingerprint density at radius 3 is 2.19 bits per heavy atom. The van der Waals surface area contributed by atoms with Gasteiger partial charge in [-0.1, -0.05) is 31.4 Å². The molecule has 16 heavy (non-hydrogen) atoms. The minimum atomic E-state index is -1.37. The van der Waals surface area contributed by atoms with E-state index in [4.69, 9.17) is 10.0 Å². The molecule has 1 aromatic carbocycles. The van der Waals surface area contributed by atoms with E-state index in [9.17, 15) is 0 Å². The summed E-state index contributed by atoms with van der Waals surface area (Å²) in [5, 5.41) is 21.4. The van der Waals surface area contributed by atoms with Crippen LogP contribution in [0.4, 0.5) is 5.69 Å². The van der Waals surface area contributed by atoms with Crippen molar-refractivity contribution in [2.45, 2.75) is 38.1 Å². The highest BCUT2D eigenvalue weighted by atomic mass is 16.4. The lowest BCUT2D eigenvalue weighted by atomic mass is 9.80. The van der Waals surface area contributed by atoms with Crippen molar-refractivity contribution >= 4 is 18.3 Å². The molecule has 0 radical (unpaired) electrons. The third-order valence-corrected chi connectivity index (χ3v) is 3.18. The van der Waals surface area contributed by atoms with Gasteiger partial charge in [0.2, 0.25) is 0 Å². The molecule has 0 amide bonds. The Bertz CT molecular complexity index is 320. The Labute approximate surface area is 96.6 Å². The Balaban J connectivity index is 1.93. The highest BCUT2D eigenvalue weighted by Gasteiger charge is 2.14. The summed E-state index contributed by atoms with van der Waals surface area (Å²) in [6.45, 7) is 0. The lowest BCUT2D eigenvalue weighted by Crippen LogP contribution is -2.29. The summed E-state index contributed by atoms with van der Waals surface area (Å²) in [7, 11) is -1.37. The second-order valence-electron chi connectivity index (χ2n) is 4.47. The fourth-order valence-electron chi connectivity index (χ4n) is 2.23. The average molecular weight is 219 g/mol. The SMILES string of the molecule is OB(O)c1ccc(NC2CCCCC2)cc1. The molecule has 1 aromatic rings. The largest absolute Gasteiger partial charge is 0.488 e. The standard InChI is InChI=1S/C12H18BNO2/c15-13(16)10-6-8-12(9-7-10)14-11-4-2-1-3-5-11/h6-9,11,14-16H,1-5H2. The van der Waals surface area contributed by atoms with Crippen LogP contribution < -0.4 is 10.8 Å². The van der Waals surface area contributed by atoms with Crippen LogP contribution in [-0.2, 0) is 0 Å². The zero-order chi connectivity index (χ0) is 11.4. The molecule has 1 fully saturated rings. The highest BCUT2D eigenvalue weighted by Crippen LogP contribution is 2.21. The second-order valence-corrected chi connectivity index (χ2v) is 4.47. The zero-order valence-corrected chi connectivity index (χ0v) is 9.39. The normalized spacial score (nSPS) is 17.1. The molecule has 2 rings (SSSR count). The molecule has 0 aliphatic heterocycles. The van der Waals surface area contributed by atoms with E-state index in [0.717, 1.165) is 5.69 Å². The molecule has 4 heteroatoms. The predicted octanol–water partition coefficient (Wildman–Crippen LogP) is 1.11. The van der Waals surface area contributed by atoms with Crippen molar-refractivity contribution in [2.24, 2.45) is 0 Å². The molecular formula is C12H18BNO2. The van der Waals surface area contributed by atoms with Gasteiger partial charge in [0, 0.05) is 11.7 Å². The van der Waals surface area contributed by atoms with Gasteiger partial charge in [-0.2, -0.15) is 0 Å². The Morgan fingerprint density at radius 1 is 1.00 bits per heavy atom. The molecule has 1 saturated carbocycles. The molecular weight excluding hydrogens is 201 g/mol. The Hall–Kier alpha value is -0.995. The summed E-state index contributed by atoms with van der Waals surface area (Å²) in [6.07, 6.45) is 6.46. The first-order valence-corrected chi connectivity index (χ1v) is 5.98. The van der Waals surface area contributed by atoms with Gasteiger partial charge in [0.1, 0.15) is 0 Å². The summed E-state index contributed by atoms with van der Waals surface area (Å²) >= 11 is 0. The van der Waals surface area contributed by atoms with E-state index in [1.165, 1.54) is 32.1 Å². The van der Waals surface area contributed by atoms with E-state index in [1.54, 1.807) is 12.1 Å². The maximum absolute atomic E-state index is 8.97. The van der Waals surface area contributed by atoms with Crippen molar-refractivity contribution in [3.63, 3.8) is 0 Å². The van der Waals surface area contributed by atoms with Crippen molar-refractivity contribution in [3.05, 3.63) is 24.3 Å². The lowest BCUT2D eigenvalue weighted by Gasteiger charge is -2.23. The van der Waals surface area contributed by atoms with Gasteiger partial charge in [-0.3, -0.25) is 0 Å². The van der Waals surface area contributed by atoms with Gasteiger partial charge in [-0.15, -0.1) is 0 Å². The quantitative estimate of drug-likeness (QED) is 0.667. The van der Waals surface area contributed by atoms with Crippen molar-refractivity contribution < 1.29 is 10.0 Å². The van der Waals surface area contributed by atoms with E-state index >= 15 is 0 Å². The van der Waals surface area contributed by atoms with E-state index in [-0.39, 0.29) is 0 Å². The van der Waals surface area contributed by atoms with Crippen LogP contribution in [0.2, 0.25) is 0 Å². The summed E-state index contributed by atoms with van der Waals surface area (Å²) in [5.74, 6) is 0. The van der Waals surface area contributed by atoms with Gasteiger partial charge < -0.3 is 15.4 Å². The summed E-state index contributed by atoms with van der Waals surface area (Å²) in [6, 6.07) is 7.89. The number of benzene rings is 1.